The lowest BCUT2D eigenvalue weighted by atomic mass is 10.1. The number of hydrogen-bond acceptors (Lipinski definition) is 2. The first-order chi connectivity index (χ1) is 10.5. The lowest BCUT2D eigenvalue weighted by Gasteiger charge is -2.01. The van der Waals surface area contributed by atoms with Crippen molar-refractivity contribution in [3.8, 4) is 0 Å². The Hall–Kier alpha value is -2.03. The summed E-state index contributed by atoms with van der Waals surface area (Å²) in [5.74, 6) is 0.155. The number of benzene rings is 2. The van der Waals surface area contributed by atoms with Gasteiger partial charge in [0.2, 0.25) is 0 Å². The molecule has 1 aliphatic rings. The van der Waals surface area contributed by atoms with Crippen LogP contribution in [0.2, 0.25) is 10.0 Å². The van der Waals surface area contributed by atoms with Gasteiger partial charge >= 0.3 is 5.97 Å². The first-order valence-corrected chi connectivity index (χ1v) is 7.46. The zero-order chi connectivity index (χ0) is 15.7. The van der Waals surface area contributed by atoms with Crippen LogP contribution in [0, 0.1) is 6.92 Å². The van der Waals surface area contributed by atoms with Crippen LogP contribution in [0.1, 0.15) is 16.7 Å². The molecule has 22 heavy (non-hydrogen) atoms. The molecule has 0 radical (unpaired) electrons. The van der Waals surface area contributed by atoms with E-state index in [1.807, 2.05) is 31.2 Å². The Balaban J connectivity index is 1.95. The van der Waals surface area contributed by atoms with Crippen molar-refractivity contribution in [2.45, 2.75) is 6.92 Å². The van der Waals surface area contributed by atoms with Gasteiger partial charge in [0.05, 0.1) is 5.57 Å². The topological polar surface area (TPSA) is 26.3 Å². The Bertz CT molecular complexity index is 802. The molecule has 0 bridgehead atoms. The first-order valence-electron chi connectivity index (χ1n) is 6.70. The van der Waals surface area contributed by atoms with E-state index in [0.717, 1.165) is 16.7 Å². The predicted molar refractivity (Wildman–Crippen MR) is 89.7 cm³/mol. The van der Waals surface area contributed by atoms with Gasteiger partial charge in [0.25, 0.3) is 0 Å². The van der Waals surface area contributed by atoms with Crippen LogP contribution in [0.3, 0.4) is 0 Å². The van der Waals surface area contributed by atoms with Crippen molar-refractivity contribution in [2.75, 3.05) is 0 Å². The van der Waals surface area contributed by atoms with Crippen LogP contribution < -0.4 is 0 Å². The van der Waals surface area contributed by atoms with Crippen molar-refractivity contribution in [2.24, 2.45) is 0 Å². The summed E-state index contributed by atoms with van der Waals surface area (Å²) in [5, 5.41) is 1.04. The van der Waals surface area contributed by atoms with E-state index in [-0.39, 0.29) is 5.97 Å². The van der Waals surface area contributed by atoms with Gasteiger partial charge in [-0.05, 0) is 36.8 Å². The van der Waals surface area contributed by atoms with Crippen LogP contribution in [0.25, 0.3) is 11.8 Å². The van der Waals surface area contributed by atoms with E-state index in [1.54, 1.807) is 30.4 Å². The number of ether oxygens (including phenoxy) is 1. The minimum absolute atomic E-state index is 0.387. The van der Waals surface area contributed by atoms with Crippen molar-refractivity contribution < 1.29 is 9.53 Å². The minimum atomic E-state index is -0.387. The molecule has 0 aliphatic carbocycles. The van der Waals surface area contributed by atoms with E-state index >= 15 is 0 Å². The molecule has 0 unspecified atom stereocenters. The number of carbonyl (C=O) groups is 1. The third-order valence-electron chi connectivity index (χ3n) is 3.33. The maximum absolute atomic E-state index is 12.0. The molecule has 0 N–H and O–H groups in total. The normalized spacial score (nSPS) is 15.9. The number of rotatable bonds is 2. The molecule has 110 valence electrons. The van der Waals surface area contributed by atoms with Crippen LogP contribution in [-0.2, 0) is 9.53 Å². The van der Waals surface area contributed by atoms with Crippen molar-refractivity contribution in [1.29, 1.82) is 0 Å². The molecule has 0 saturated carbocycles. The maximum Gasteiger partial charge on any atom is 0.343 e. The summed E-state index contributed by atoms with van der Waals surface area (Å²) in [6.45, 7) is 2.01. The van der Waals surface area contributed by atoms with Gasteiger partial charge in [0, 0.05) is 15.6 Å². The predicted octanol–water partition coefficient (Wildman–Crippen LogP) is 5.28. The second kappa shape index (κ2) is 5.99. The fourth-order valence-corrected chi connectivity index (χ4v) is 2.60. The molecular formula is C18H12Cl2O2. The highest BCUT2D eigenvalue weighted by molar-refractivity contribution is 6.35. The highest BCUT2D eigenvalue weighted by Gasteiger charge is 2.22. The summed E-state index contributed by atoms with van der Waals surface area (Å²) >= 11 is 12.0. The molecule has 2 nitrogen and oxygen atoms in total. The third kappa shape index (κ3) is 3.08. The van der Waals surface area contributed by atoms with Crippen LogP contribution in [0.4, 0.5) is 0 Å². The zero-order valence-electron chi connectivity index (χ0n) is 11.8. The second-order valence-corrected chi connectivity index (χ2v) is 5.87. The summed E-state index contributed by atoms with van der Waals surface area (Å²) in [6, 6.07) is 12.9. The van der Waals surface area contributed by atoms with Crippen LogP contribution in [0.15, 0.2) is 54.1 Å². The molecule has 0 spiro atoms. The van der Waals surface area contributed by atoms with Crippen LogP contribution in [-0.4, -0.2) is 5.97 Å². The molecule has 2 aromatic carbocycles. The van der Waals surface area contributed by atoms with Gasteiger partial charge in [0.1, 0.15) is 5.76 Å². The smallest absolute Gasteiger partial charge is 0.343 e. The SMILES string of the molecule is Cc1ccc(C2=C/C(=C/c3ccc(Cl)cc3Cl)C(=O)O2)cc1. The summed E-state index contributed by atoms with van der Waals surface area (Å²) in [5.41, 5.74) is 3.20. The zero-order valence-corrected chi connectivity index (χ0v) is 13.3. The molecule has 1 aliphatic heterocycles. The molecule has 3 rings (SSSR count). The Morgan fingerprint density at radius 3 is 2.45 bits per heavy atom. The number of carbonyl (C=O) groups excluding carboxylic acids is 1. The van der Waals surface area contributed by atoms with Gasteiger partial charge in [-0.2, -0.15) is 0 Å². The Kier molecular flexibility index (Phi) is 4.06. The monoisotopic (exact) mass is 330 g/mol. The number of aryl methyl sites for hydroxylation is 1. The van der Waals surface area contributed by atoms with Crippen LogP contribution in [0.5, 0.6) is 0 Å². The number of halogens is 2. The molecule has 0 fully saturated rings. The summed E-state index contributed by atoms with van der Waals surface area (Å²) in [4.78, 5) is 12.0. The molecule has 2 aromatic rings. The van der Waals surface area contributed by atoms with E-state index in [0.29, 0.717) is 21.4 Å². The number of hydrogen-bond donors (Lipinski definition) is 0. The Morgan fingerprint density at radius 2 is 1.77 bits per heavy atom. The maximum atomic E-state index is 12.0. The molecule has 0 saturated heterocycles. The minimum Gasteiger partial charge on any atom is -0.422 e. The summed E-state index contributed by atoms with van der Waals surface area (Å²) < 4.78 is 5.32. The first kappa shape index (κ1) is 14.9. The Labute approximate surface area is 138 Å². The average molecular weight is 331 g/mol. The quantitative estimate of drug-likeness (QED) is 0.552. The molecule has 0 aromatic heterocycles. The van der Waals surface area contributed by atoms with Gasteiger partial charge in [0.15, 0.2) is 0 Å². The van der Waals surface area contributed by atoms with Crippen molar-refractivity contribution in [3.63, 3.8) is 0 Å². The van der Waals surface area contributed by atoms with Crippen molar-refractivity contribution in [1.82, 2.24) is 0 Å². The standard InChI is InChI=1S/C18H12Cl2O2/c1-11-2-4-12(5-3-11)17-9-14(18(21)22-17)8-13-6-7-15(19)10-16(13)20/h2-10H,1H3/b14-8-. The van der Waals surface area contributed by atoms with Crippen molar-refractivity contribution >= 4 is 41.0 Å². The Morgan fingerprint density at radius 1 is 1.05 bits per heavy atom. The van der Waals surface area contributed by atoms with Gasteiger partial charge in [-0.25, -0.2) is 4.79 Å². The molecule has 4 heteroatoms. The van der Waals surface area contributed by atoms with Gasteiger partial charge < -0.3 is 4.74 Å². The van der Waals surface area contributed by atoms with Gasteiger partial charge in [-0.1, -0.05) is 59.1 Å². The fourth-order valence-electron chi connectivity index (χ4n) is 2.14. The number of cyclic esters (lactones) is 1. The highest BCUT2D eigenvalue weighted by Crippen LogP contribution is 2.29. The van der Waals surface area contributed by atoms with E-state index in [4.69, 9.17) is 27.9 Å². The van der Waals surface area contributed by atoms with E-state index in [9.17, 15) is 4.79 Å². The van der Waals surface area contributed by atoms with Crippen molar-refractivity contribution in [3.05, 3.63) is 80.8 Å². The number of esters is 1. The lowest BCUT2D eigenvalue weighted by molar-refractivity contribution is -0.130. The summed E-state index contributed by atoms with van der Waals surface area (Å²) in [7, 11) is 0. The average Bonchev–Trinajstić information content (AvgIpc) is 2.84. The summed E-state index contributed by atoms with van der Waals surface area (Å²) in [6.07, 6.45) is 3.42. The molecule has 1 heterocycles. The van der Waals surface area contributed by atoms with Gasteiger partial charge in [-0.15, -0.1) is 0 Å². The fraction of sp³-hybridized carbons (Fsp3) is 0.0556. The second-order valence-electron chi connectivity index (χ2n) is 5.03. The highest BCUT2D eigenvalue weighted by atomic mass is 35.5. The third-order valence-corrected chi connectivity index (χ3v) is 3.90. The molecule has 0 amide bonds. The van der Waals surface area contributed by atoms with Gasteiger partial charge in [-0.3, -0.25) is 0 Å². The largest absolute Gasteiger partial charge is 0.422 e. The molecule has 0 atom stereocenters. The van der Waals surface area contributed by atoms with E-state index in [1.165, 1.54) is 0 Å². The van der Waals surface area contributed by atoms with E-state index < -0.39 is 0 Å². The van der Waals surface area contributed by atoms with Crippen LogP contribution >= 0.6 is 23.2 Å². The molecular weight excluding hydrogens is 319 g/mol. The lowest BCUT2D eigenvalue weighted by Crippen LogP contribution is -1.97. The van der Waals surface area contributed by atoms with E-state index in [2.05, 4.69) is 0 Å².